The molecule has 7 nitrogen and oxygen atoms in total. The first kappa shape index (κ1) is 24.3. The first-order valence-corrected chi connectivity index (χ1v) is 13.2. The number of carbonyl (C=O) groups excluding carboxylic acids is 3. The summed E-state index contributed by atoms with van der Waals surface area (Å²) in [7, 11) is 2.96. The standard InChI is InChI=1S/C28H30N2O5S/c1-15-22(26(32)30-27-24(28(33)35-3)18-10-4-5-13-21(18)36-27)23(16-8-6-9-17(14-16)34-2)25-19(29-15)11-7-12-20(25)31/h6,8-9,14,23,29H,4-5,7,10-13H2,1-3H3,(H,30,32)/t23-/m1/s1. The molecule has 0 saturated carbocycles. The molecule has 1 aromatic heterocycles. The molecule has 1 atom stereocenters. The summed E-state index contributed by atoms with van der Waals surface area (Å²) in [6.45, 7) is 1.87. The van der Waals surface area contributed by atoms with Gasteiger partial charge in [0.2, 0.25) is 0 Å². The van der Waals surface area contributed by atoms with Crippen LogP contribution in [0.5, 0.6) is 5.75 Å². The number of Topliss-reactive ketones (excluding diaryl/α,β-unsaturated/α-hetero) is 1. The molecule has 1 amide bonds. The van der Waals surface area contributed by atoms with Gasteiger partial charge in [0.1, 0.15) is 10.8 Å². The van der Waals surface area contributed by atoms with Gasteiger partial charge in [0, 0.05) is 39.8 Å². The van der Waals surface area contributed by atoms with Gasteiger partial charge >= 0.3 is 5.97 Å². The van der Waals surface area contributed by atoms with Crippen molar-refractivity contribution in [2.24, 2.45) is 0 Å². The molecule has 0 radical (unpaired) electrons. The first-order chi connectivity index (χ1) is 17.4. The fourth-order valence-corrected chi connectivity index (χ4v) is 6.85. The van der Waals surface area contributed by atoms with Crippen LogP contribution in [-0.4, -0.2) is 31.9 Å². The van der Waals surface area contributed by atoms with E-state index in [1.807, 2.05) is 31.2 Å². The van der Waals surface area contributed by atoms with Crippen LogP contribution in [0.15, 0.2) is 46.8 Å². The summed E-state index contributed by atoms with van der Waals surface area (Å²) >= 11 is 1.45. The number of amides is 1. The fourth-order valence-electron chi connectivity index (χ4n) is 5.58. The Morgan fingerprint density at radius 2 is 1.89 bits per heavy atom. The highest BCUT2D eigenvalue weighted by Gasteiger charge is 2.39. The third-order valence-electron chi connectivity index (χ3n) is 7.24. The van der Waals surface area contributed by atoms with Crippen molar-refractivity contribution < 1.29 is 23.9 Å². The largest absolute Gasteiger partial charge is 0.497 e. The van der Waals surface area contributed by atoms with Gasteiger partial charge in [-0.3, -0.25) is 9.59 Å². The highest BCUT2D eigenvalue weighted by atomic mass is 32.1. The number of dihydropyridines is 1. The lowest BCUT2D eigenvalue weighted by molar-refractivity contribution is -0.116. The van der Waals surface area contributed by atoms with E-state index < -0.39 is 11.9 Å². The van der Waals surface area contributed by atoms with Crippen molar-refractivity contribution in [2.45, 2.75) is 57.8 Å². The van der Waals surface area contributed by atoms with Crippen LogP contribution in [0.1, 0.15) is 71.3 Å². The summed E-state index contributed by atoms with van der Waals surface area (Å²) in [5, 5.41) is 6.90. The molecule has 1 aliphatic heterocycles. The number of fused-ring (bicyclic) bond motifs is 1. The number of rotatable bonds is 5. The Bertz CT molecular complexity index is 1320. The van der Waals surface area contributed by atoms with Gasteiger partial charge in [-0.25, -0.2) is 4.79 Å². The molecule has 8 heteroatoms. The van der Waals surface area contributed by atoms with Crippen LogP contribution in [0.2, 0.25) is 0 Å². The van der Waals surface area contributed by atoms with Crippen molar-refractivity contribution in [3.63, 3.8) is 0 Å². The smallest absolute Gasteiger partial charge is 0.341 e. The van der Waals surface area contributed by atoms with Gasteiger partial charge in [0.25, 0.3) is 5.91 Å². The predicted octanol–water partition coefficient (Wildman–Crippen LogP) is 5.03. The minimum absolute atomic E-state index is 0.0520. The molecule has 2 heterocycles. The Labute approximate surface area is 214 Å². The Morgan fingerprint density at radius 3 is 2.67 bits per heavy atom. The SMILES string of the molecule is COC(=O)c1c(NC(=O)C2=C(C)NC3=C(C(=O)CCC3)[C@@H]2c2cccc(OC)c2)sc2c1CCCC2. The van der Waals surface area contributed by atoms with E-state index in [1.165, 1.54) is 18.4 Å². The van der Waals surface area contributed by atoms with Crippen molar-refractivity contribution in [3.05, 3.63) is 68.4 Å². The number of hydrogen-bond acceptors (Lipinski definition) is 7. The number of hydrogen-bond donors (Lipinski definition) is 2. The number of ketones is 1. The molecule has 2 aliphatic carbocycles. The van der Waals surface area contributed by atoms with Gasteiger partial charge in [-0.2, -0.15) is 0 Å². The minimum Gasteiger partial charge on any atom is -0.497 e. The molecular formula is C28H30N2O5S. The lowest BCUT2D eigenvalue weighted by Crippen LogP contribution is -2.35. The third-order valence-corrected chi connectivity index (χ3v) is 8.44. The number of allylic oxidation sites excluding steroid dienone is 3. The highest BCUT2D eigenvalue weighted by molar-refractivity contribution is 7.17. The van der Waals surface area contributed by atoms with E-state index in [9.17, 15) is 14.4 Å². The normalized spacial score (nSPS) is 19.3. The second-order valence-electron chi connectivity index (χ2n) is 9.40. The number of anilines is 1. The molecule has 0 spiro atoms. The molecule has 1 aromatic carbocycles. The van der Waals surface area contributed by atoms with Gasteiger partial charge in [0.15, 0.2) is 5.78 Å². The van der Waals surface area contributed by atoms with Crippen LogP contribution in [0.4, 0.5) is 5.00 Å². The second-order valence-corrected chi connectivity index (χ2v) is 10.5. The van der Waals surface area contributed by atoms with Gasteiger partial charge < -0.3 is 20.1 Å². The van der Waals surface area contributed by atoms with E-state index in [1.54, 1.807) is 7.11 Å². The molecule has 0 unspecified atom stereocenters. The third kappa shape index (κ3) is 4.23. The number of nitrogens with one attached hydrogen (secondary N) is 2. The number of esters is 1. The molecule has 0 saturated heterocycles. The van der Waals surface area contributed by atoms with Crippen molar-refractivity contribution in [3.8, 4) is 5.75 Å². The van der Waals surface area contributed by atoms with Crippen molar-refractivity contribution >= 4 is 34.0 Å². The van der Waals surface area contributed by atoms with E-state index in [-0.39, 0.29) is 11.7 Å². The average molecular weight is 507 g/mol. The Hall–Kier alpha value is -3.39. The Kier molecular flexibility index (Phi) is 6.71. The number of thiophene rings is 1. The summed E-state index contributed by atoms with van der Waals surface area (Å²) in [5.41, 5.74) is 4.96. The predicted molar refractivity (Wildman–Crippen MR) is 138 cm³/mol. The summed E-state index contributed by atoms with van der Waals surface area (Å²) in [6, 6.07) is 7.52. The zero-order valence-electron chi connectivity index (χ0n) is 20.8. The topological polar surface area (TPSA) is 93.7 Å². The van der Waals surface area contributed by atoms with E-state index in [4.69, 9.17) is 9.47 Å². The maximum atomic E-state index is 14.0. The lowest BCUT2D eigenvalue weighted by atomic mass is 9.75. The number of ether oxygens (including phenoxy) is 2. The van der Waals surface area contributed by atoms with E-state index in [2.05, 4.69) is 10.6 Å². The monoisotopic (exact) mass is 506 g/mol. The van der Waals surface area contributed by atoms with Crippen molar-refractivity contribution in [1.29, 1.82) is 0 Å². The van der Waals surface area contributed by atoms with Crippen molar-refractivity contribution in [1.82, 2.24) is 5.32 Å². The van der Waals surface area contributed by atoms with Gasteiger partial charge in [-0.1, -0.05) is 12.1 Å². The van der Waals surface area contributed by atoms with Gasteiger partial charge in [-0.05, 0) is 68.7 Å². The van der Waals surface area contributed by atoms with Crippen LogP contribution in [0.3, 0.4) is 0 Å². The van der Waals surface area contributed by atoms with Crippen molar-refractivity contribution in [2.75, 3.05) is 19.5 Å². The van der Waals surface area contributed by atoms with Crippen LogP contribution < -0.4 is 15.4 Å². The van der Waals surface area contributed by atoms with E-state index in [0.717, 1.165) is 60.2 Å². The maximum absolute atomic E-state index is 14.0. The average Bonchev–Trinajstić information content (AvgIpc) is 3.25. The molecule has 2 N–H and O–H groups in total. The Balaban J connectivity index is 1.58. The second kappa shape index (κ2) is 9.93. The highest BCUT2D eigenvalue weighted by Crippen LogP contribution is 2.44. The number of aryl methyl sites for hydroxylation is 1. The number of carbonyl (C=O) groups is 3. The summed E-state index contributed by atoms with van der Waals surface area (Å²) in [6.07, 6.45) is 5.76. The van der Waals surface area contributed by atoms with E-state index in [0.29, 0.717) is 39.6 Å². The van der Waals surface area contributed by atoms with Crippen LogP contribution in [0, 0.1) is 0 Å². The molecule has 5 rings (SSSR count). The quantitative estimate of drug-likeness (QED) is 0.553. The molecule has 0 fully saturated rings. The van der Waals surface area contributed by atoms with Gasteiger partial charge in [-0.15, -0.1) is 11.3 Å². The zero-order chi connectivity index (χ0) is 25.4. The molecule has 188 valence electrons. The van der Waals surface area contributed by atoms with Crippen LogP contribution in [-0.2, 0) is 27.2 Å². The van der Waals surface area contributed by atoms with Gasteiger partial charge in [0.05, 0.1) is 19.8 Å². The Morgan fingerprint density at radius 1 is 1.08 bits per heavy atom. The lowest BCUT2D eigenvalue weighted by Gasteiger charge is -2.34. The molecule has 0 bridgehead atoms. The van der Waals surface area contributed by atoms with Crippen LogP contribution >= 0.6 is 11.3 Å². The number of benzene rings is 1. The first-order valence-electron chi connectivity index (χ1n) is 12.3. The zero-order valence-corrected chi connectivity index (χ0v) is 21.6. The molecule has 36 heavy (non-hydrogen) atoms. The number of methoxy groups -OCH3 is 2. The fraction of sp³-hybridized carbons (Fsp3) is 0.393. The minimum atomic E-state index is -0.527. The molecule has 3 aliphatic rings. The summed E-state index contributed by atoms with van der Waals surface area (Å²) < 4.78 is 10.5. The summed E-state index contributed by atoms with van der Waals surface area (Å²) in [4.78, 5) is 41.0. The molecule has 2 aromatic rings. The van der Waals surface area contributed by atoms with Crippen LogP contribution in [0.25, 0.3) is 0 Å². The van der Waals surface area contributed by atoms with E-state index >= 15 is 0 Å². The maximum Gasteiger partial charge on any atom is 0.341 e. The molecular weight excluding hydrogens is 476 g/mol. The summed E-state index contributed by atoms with van der Waals surface area (Å²) in [5.74, 6) is -0.584.